The second-order valence-corrected chi connectivity index (χ2v) is 5.32. The number of benzene rings is 1. The van der Waals surface area contributed by atoms with Crippen molar-refractivity contribution < 1.29 is 0 Å². The van der Waals surface area contributed by atoms with Crippen LogP contribution in [0.5, 0.6) is 0 Å². The smallest absolute Gasteiger partial charge is 0.0231 e. The second kappa shape index (κ2) is 6.97. The first-order valence-corrected chi connectivity index (χ1v) is 6.62. The van der Waals surface area contributed by atoms with Gasteiger partial charge >= 0.3 is 0 Å². The van der Waals surface area contributed by atoms with Crippen molar-refractivity contribution in [3.63, 3.8) is 0 Å². The van der Waals surface area contributed by atoms with Gasteiger partial charge in [-0.1, -0.05) is 38.1 Å². The highest BCUT2D eigenvalue weighted by Crippen LogP contribution is 2.10. The van der Waals surface area contributed by atoms with Crippen molar-refractivity contribution in [2.75, 3.05) is 19.3 Å². The van der Waals surface area contributed by atoms with Crippen LogP contribution in [0.4, 0.5) is 0 Å². The molecule has 0 fully saturated rings. The fourth-order valence-electron chi connectivity index (χ4n) is 1.81. The summed E-state index contributed by atoms with van der Waals surface area (Å²) in [4.78, 5) is 2.30. The van der Waals surface area contributed by atoms with Gasteiger partial charge in [0.05, 0.1) is 0 Å². The van der Waals surface area contributed by atoms with Gasteiger partial charge in [-0.25, -0.2) is 0 Å². The molecule has 0 amide bonds. The summed E-state index contributed by atoms with van der Waals surface area (Å²) in [6, 6.07) is 8.99. The number of rotatable bonds is 6. The maximum atomic E-state index is 4.24. The monoisotopic (exact) mass is 237 g/mol. The van der Waals surface area contributed by atoms with Crippen LogP contribution >= 0.6 is 12.6 Å². The Kier molecular flexibility index (Phi) is 5.93. The van der Waals surface area contributed by atoms with E-state index in [-0.39, 0.29) is 0 Å². The van der Waals surface area contributed by atoms with E-state index in [9.17, 15) is 0 Å². The third kappa shape index (κ3) is 5.04. The van der Waals surface area contributed by atoms with Gasteiger partial charge < -0.3 is 4.90 Å². The second-order valence-electron chi connectivity index (χ2n) is 4.88. The zero-order valence-electron chi connectivity index (χ0n) is 10.6. The summed E-state index contributed by atoms with van der Waals surface area (Å²) in [5.41, 5.74) is 2.83. The third-order valence-electron chi connectivity index (χ3n) is 2.60. The van der Waals surface area contributed by atoms with Crippen molar-refractivity contribution in [2.24, 2.45) is 5.92 Å². The topological polar surface area (TPSA) is 3.24 Å². The summed E-state index contributed by atoms with van der Waals surface area (Å²) >= 11 is 4.24. The molecule has 0 heterocycles. The molecule has 1 rings (SSSR count). The Hall–Kier alpha value is -0.470. The van der Waals surface area contributed by atoms with E-state index in [4.69, 9.17) is 0 Å². The van der Waals surface area contributed by atoms with Gasteiger partial charge in [0.2, 0.25) is 0 Å². The van der Waals surface area contributed by atoms with Crippen molar-refractivity contribution in [1.29, 1.82) is 0 Å². The van der Waals surface area contributed by atoms with Gasteiger partial charge in [-0.2, -0.15) is 12.6 Å². The van der Waals surface area contributed by atoms with Gasteiger partial charge in [-0.3, -0.25) is 0 Å². The first-order valence-electron chi connectivity index (χ1n) is 5.99. The normalized spacial score (nSPS) is 11.4. The van der Waals surface area contributed by atoms with Crippen molar-refractivity contribution in [3.8, 4) is 0 Å². The van der Waals surface area contributed by atoms with Gasteiger partial charge in [-0.15, -0.1) is 0 Å². The molecule has 0 aliphatic carbocycles. The lowest BCUT2D eigenvalue weighted by atomic mass is 10.0. The Morgan fingerprint density at radius 3 is 2.19 bits per heavy atom. The van der Waals surface area contributed by atoms with Crippen LogP contribution < -0.4 is 0 Å². The highest BCUT2D eigenvalue weighted by Gasteiger charge is 2.01. The van der Waals surface area contributed by atoms with Gasteiger partial charge in [0.25, 0.3) is 0 Å². The molecule has 1 nitrogen and oxygen atoms in total. The molecule has 0 aromatic heterocycles. The van der Waals surface area contributed by atoms with Crippen LogP contribution in [0.15, 0.2) is 24.3 Å². The fraction of sp³-hybridized carbons (Fsp3) is 0.571. The van der Waals surface area contributed by atoms with Crippen LogP contribution in [-0.2, 0) is 13.0 Å². The average molecular weight is 237 g/mol. The first-order chi connectivity index (χ1) is 7.61. The molecule has 1 aromatic rings. The van der Waals surface area contributed by atoms with Crippen molar-refractivity contribution in [1.82, 2.24) is 4.90 Å². The Bertz CT molecular complexity index is 292. The molecule has 90 valence electrons. The third-order valence-corrected chi connectivity index (χ3v) is 2.80. The van der Waals surface area contributed by atoms with Gasteiger partial charge in [0.15, 0.2) is 0 Å². The van der Waals surface area contributed by atoms with E-state index in [1.54, 1.807) is 0 Å². The molecule has 0 aliphatic heterocycles. The lowest BCUT2D eigenvalue weighted by Gasteiger charge is -2.15. The van der Waals surface area contributed by atoms with E-state index in [0.717, 1.165) is 24.8 Å². The summed E-state index contributed by atoms with van der Waals surface area (Å²) in [7, 11) is 2.14. The lowest BCUT2D eigenvalue weighted by Crippen LogP contribution is -2.19. The van der Waals surface area contributed by atoms with Gasteiger partial charge in [-0.05, 0) is 30.5 Å². The summed E-state index contributed by atoms with van der Waals surface area (Å²) in [5, 5.41) is 0. The van der Waals surface area contributed by atoms with Crippen molar-refractivity contribution in [3.05, 3.63) is 35.4 Å². The Balaban J connectivity index is 2.50. The lowest BCUT2D eigenvalue weighted by molar-refractivity contribution is 0.349. The summed E-state index contributed by atoms with van der Waals surface area (Å²) in [6.07, 6.45) is 1.17. The van der Waals surface area contributed by atoms with Crippen LogP contribution in [0.25, 0.3) is 0 Å². The van der Waals surface area contributed by atoms with Crippen molar-refractivity contribution >= 4 is 12.6 Å². The van der Waals surface area contributed by atoms with E-state index < -0.39 is 0 Å². The SMILES string of the molecule is CC(C)Cc1ccc(CN(C)CCS)cc1. The largest absolute Gasteiger partial charge is 0.301 e. The van der Waals surface area contributed by atoms with E-state index >= 15 is 0 Å². The molecule has 0 N–H and O–H groups in total. The molecule has 0 atom stereocenters. The minimum Gasteiger partial charge on any atom is -0.301 e. The molecule has 2 heteroatoms. The van der Waals surface area contributed by atoms with Crippen LogP contribution in [0.1, 0.15) is 25.0 Å². The zero-order chi connectivity index (χ0) is 12.0. The maximum Gasteiger partial charge on any atom is 0.0231 e. The summed E-state index contributed by atoms with van der Waals surface area (Å²) in [6.45, 7) is 6.57. The minimum absolute atomic E-state index is 0.734. The fourth-order valence-corrected chi connectivity index (χ4v) is 2.16. The molecule has 0 saturated carbocycles. The molecular weight excluding hydrogens is 214 g/mol. The average Bonchev–Trinajstić information content (AvgIpc) is 2.20. The Labute approximate surface area is 105 Å². The number of hydrogen-bond acceptors (Lipinski definition) is 2. The molecule has 0 saturated heterocycles. The molecule has 0 bridgehead atoms. The molecule has 0 radical (unpaired) electrons. The Morgan fingerprint density at radius 2 is 1.69 bits per heavy atom. The van der Waals surface area contributed by atoms with E-state index in [2.05, 4.69) is 62.7 Å². The minimum atomic E-state index is 0.734. The molecule has 16 heavy (non-hydrogen) atoms. The highest BCUT2D eigenvalue weighted by atomic mass is 32.1. The predicted molar refractivity (Wildman–Crippen MR) is 75.2 cm³/mol. The van der Waals surface area contributed by atoms with Gasteiger partial charge in [0, 0.05) is 18.8 Å². The molecule has 1 aromatic carbocycles. The van der Waals surface area contributed by atoms with Gasteiger partial charge in [0.1, 0.15) is 0 Å². The zero-order valence-corrected chi connectivity index (χ0v) is 11.5. The van der Waals surface area contributed by atoms with E-state index in [0.29, 0.717) is 0 Å². The van der Waals surface area contributed by atoms with Crippen LogP contribution in [0.3, 0.4) is 0 Å². The van der Waals surface area contributed by atoms with E-state index in [1.807, 2.05) is 0 Å². The number of thiol groups is 1. The molecule has 0 spiro atoms. The summed E-state index contributed by atoms with van der Waals surface area (Å²) in [5.74, 6) is 1.65. The van der Waals surface area contributed by atoms with Crippen LogP contribution in [0, 0.1) is 5.92 Å². The molecule has 0 unspecified atom stereocenters. The number of nitrogens with zero attached hydrogens (tertiary/aromatic N) is 1. The quantitative estimate of drug-likeness (QED) is 0.743. The van der Waals surface area contributed by atoms with Crippen LogP contribution in [-0.4, -0.2) is 24.2 Å². The Morgan fingerprint density at radius 1 is 1.12 bits per heavy atom. The first kappa shape index (κ1) is 13.6. The van der Waals surface area contributed by atoms with Crippen LogP contribution in [0.2, 0.25) is 0 Å². The molecule has 0 aliphatic rings. The standard InChI is InChI=1S/C14H23NS/c1-12(2)10-13-4-6-14(7-5-13)11-15(3)8-9-16/h4-7,12,16H,8-11H2,1-3H3. The maximum absolute atomic E-state index is 4.24. The number of hydrogen-bond donors (Lipinski definition) is 1. The van der Waals surface area contributed by atoms with Crippen molar-refractivity contribution in [2.45, 2.75) is 26.8 Å². The molecular formula is C14H23NS. The highest BCUT2D eigenvalue weighted by molar-refractivity contribution is 7.80. The van der Waals surface area contributed by atoms with E-state index in [1.165, 1.54) is 17.5 Å². The summed E-state index contributed by atoms with van der Waals surface area (Å²) < 4.78 is 0. The predicted octanol–water partition coefficient (Wildman–Crippen LogP) is 3.25.